The van der Waals surface area contributed by atoms with E-state index in [2.05, 4.69) is 38.0 Å². The maximum atomic E-state index is 12.9. The predicted molar refractivity (Wildman–Crippen MR) is 106 cm³/mol. The van der Waals surface area contributed by atoms with Crippen molar-refractivity contribution in [3.63, 3.8) is 0 Å². The lowest BCUT2D eigenvalue weighted by molar-refractivity contribution is -0.132. The topological polar surface area (TPSA) is 54.3 Å². The first kappa shape index (κ1) is 18.0. The molecule has 0 spiro atoms. The van der Waals surface area contributed by atoms with Crippen LogP contribution in [-0.2, 0) is 4.79 Å². The third-order valence-electron chi connectivity index (χ3n) is 5.08. The van der Waals surface area contributed by atoms with Crippen LogP contribution in [0.25, 0.3) is 10.7 Å². The molecule has 2 aromatic heterocycles. The summed E-state index contributed by atoms with van der Waals surface area (Å²) in [5, 5.41) is 11.7. The molecular formula is C18H25N5OS2. The maximum absolute atomic E-state index is 12.9. The van der Waals surface area contributed by atoms with Crippen molar-refractivity contribution in [3.8, 4) is 10.7 Å². The molecule has 140 valence electrons. The number of amides is 1. The van der Waals surface area contributed by atoms with Gasteiger partial charge < -0.3 is 9.80 Å². The number of hydrogen-bond acceptors (Lipinski definition) is 6. The molecule has 1 amide bonds. The normalized spacial score (nSPS) is 19.7. The summed E-state index contributed by atoms with van der Waals surface area (Å²) in [4.78, 5) is 18.4. The van der Waals surface area contributed by atoms with Crippen molar-refractivity contribution < 1.29 is 4.79 Å². The molecule has 0 N–H and O–H groups in total. The van der Waals surface area contributed by atoms with Crippen molar-refractivity contribution >= 4 is 29.0 Å². The molecule has 0 aromatic carbocycles. The highest BCUT2D eigenvalue weighted by Crippen LogP contribution is 2.42. The minimum absolute atomic E-state index is 0.138. The average Bonchev–Trinajstić information content (AvgIpc) is 3.19. The lowest BCUT2D eigenvalue weighted by Crippen LogP contribution is -2.50. The number of thioether (sulfide) groups is 1. The van der Waals surface area contributed by atoms with E-state index >= 15 is 0 Å². The molecule has 0 radical (unpaired) electrons. The van der Waals surface area contributed by atoms with Crippen LogP contribution < -0.4 is 0 Å². The van der Waals surface area contributed by atoms with Crippen LogP contribution in [0.4, 0.5) is 0 Å². The quantitative estimate of drug-likeness (QED) is 0.709. The van der Waals surface area contributed by atoms with Crippen LogP contribution in [-0.4, -0.2) is 68.4 Å². The summed E-state index contributed by atoms with van der Waals surface area (Å²) in [6.45, 7) is 8.82. The molecule has 1 aliphatic carbocycles. The Morgan fingerprint density at radius 1 is 1.31 bits per heavy atom. The zero-order chi connectivity index (χ0) is 18.1. The van der Waals surface area contributed by atoms with E-state index in [1.54, 1.807) is 23.1 Å². The minimum atomic E-state index is -0.138. The van der Waals surface area contributed by atoms with Crippen LogP contribution in [0.1, 0.15) is 32.7 Å². The van der Waals surface area contributed by atoms with Crippen LogP contribution in [0.2, 0.25) is 0 Å². The Morgan fingerprint density at radius 3 is 2.69 bits per heavy atom. The molecule has 8 heteroatoms. The van der Waals surface area contributed by atoms with Crippen molar-refractivity contribution in [2.75, 3.05) is 32.7 Å². The summed E-state index contributed by atoms with van der Waals surface area (Å²) in [7, 11) is 0. The second-order valence-electron chi connectivity index (χ2n) is 6.90. The van der Waals surface area contributed by atoms with Crippen LogP contribution in [0.5, 0.6) is 0 Å². The summed E-state index contributed by atoms with van der Waals surface area (Å²) in [6.07, 6.45) is 2.34. The zero-order valence-electron chi connectivity index (χ0n) is 15.3. The number of rotatable bonds is 6. The van der Waals surface area contributed by atoms with Crippen LogP contribution in [0.15, 0.2) is 22.7 Å². The van der Waals surface area contributed by atoms with Gasteiger partial charge in [0.1, 0.15) is 0 Å². The Kier molecular flexibility index (Phi) is 5.33. The molecule has 2 aliphatic rings. The van der Waals surface area contributed by atoms with E-state index in [1.807, 2.05) is 17.9 Å². The first-order valence-electron chi connectivity index (χ1n) is 9.34. The third kappa shape index (κ3) is 3.68. The Hall–Kier alpha value is -1.38. The first-order valence-corrected chi connectivity index (χ1v) is 11.1. The summed E-state index contributed by atoms with van der Waals surface area (Å²) in [6, 6.07) is 4.62. The standard InChI is InChI=1S/C18H25N5OS2/c1-3-21-8-10-22(11-9-21)17(24)13(2)26-18-20-19-16(15-5-4-12-25-15)23(18)14-6-7-14/h4-5,12-14H,3,6-11H2,1-2H3. The van der Waals surface area contributed by atoms with E-state index in [0.717, 1.165) is 48.6 Å². The smallest absolute Gasteiger partial charge is 0.235 e. The number of piperazine rings is 1. The van der Waals surface area contributed by atoms with Crippen molar-refractivity contribution in [2.45, 2.75) is 43.1 Å². The lowest BCUT2D eigenvalue weighted by Gasteiger charge is -2.35. The molecule has 3 heterocycles. The second-order valence-corrected chi connectivity index (χ2v) is 9.16. The fourth-order valence-corrected chi connectivity index (χ4v) is 5.05. The van der Waals surface area contributed by atoms with E-state index in [0.29, 0.717) is 6.04 Å². The molecule has 1 unspecified atom stereocenters. The zero-order valence-corrected chi connectivity index (χ0v) is 16.9. The predicted octanol–water partition coefficient (Wildman–Crippen LogP) is 2.99. The van der Waals surface area contributed by atoms with Gasteiger partial charge in [0.25, 0.3) is 0 Å². The highest BCUT2D eigenvalue weighted by atomic mass is 32.2. The molecule has 1 saturated heterocycles. The van der Waals surface area contributed by atoms with Gasteiger partial charge in [-0.1, -0.05) is 24.8 Å². The van der Waals surface area contributed by atoms with Gasteiger partial charge in [0.15, 0.2) is 11.0 Å². The summed E-state index contributed by atoms with van der Waals surface area (Å²) >= 11 is 3.24. The minimum Gasteiger partial charge on any atom is -0.339 e. The Balaban J connectivity index is 1.46. The molecule has 2 fully saturated rings. The van der Waals surface area contributed by atoms with Gasteiger partial charge in [-0.05, 0) is 37.8 Å². The fourth-order valence-electron chi connectivity index (χ4n) is 3.34. The van der Waals surface area contributed by atoms with Gasteiger partial charge in [-0.3, -0.25) is 9.36 Å². The molecule has 26 heavy (non-hydrogen) atoms. The Bertz CT molecular complexity index is 748. The number of hydrogen-bond donors (Lipinski definition) is 0. The van der Waals surface area contributed by atoms with Crippen molar-refractivity contribution in [1.82, 2.24) is 24.6 Å². The molecule has 4 rings (SSSR count). The molecule has 1 saturated carbocycles. The number of thiophene rings is 1. The van der Waals surface area contributed by atoms with Gasteiger partial charge in [-0.15, -0.1) is 21.5 Å². The summed E-state index contributed by atoms with van der Waals surface area (Å²) in [5.41, 5.74) is 0. The van der Waals surface area contributed by atoms with Gasteiger partial charge in [0, 0.05) is 32.2 Å². The van der Waals surface area contributed by atoms with Crippen molar-refractivity contribution in [2.24, 2.45) is 0 Å². The first-order chi connectivity index (χ1) is 12.7. The highest BCUT2D eigenvalue weighted by molar-refractivity contribution is 8.00. The van der Waals surface area contributed by atoms with E-state index in [4.69, 9.17) is 0 Å². The number of likely N-dealkylation sites (N-methyl/N-ethyl adjacent to an activating group) is 1. The van der Waals surface area contributed by atoms with Gasteiger partial charge >= 0.3 is 0 Å². The maximum Gasteiger partial charge on any atom is 0.235 e. The Labute approximate surface area is 162 Å². The van der Waals surface area contributed by atoms with Crippen LogP contribution in [0.3, 0.4) is 0 Å². The highest BCUT2D eigenvalue weighted by Gasteiger charge is 2.33. The largest absolute Gasteiger partial charge is 0.339 e. The van der Waals surface area contributed by atoms with Gasteiger partial charge in [0.2, 0.25) is 5.91 Å². The molecule has 6 nitrogen and oxygen atoms in total. The Morgan fingerprint density at radius 2 is 2.08 bits per heavy atom. The average molecular weight is 392 g/mol. The fraction of sp³-hybridized carbons (Fsp3) is 0.611. The SMILES string of the molecule is CCN1CCN(C(=O)C(C)Sc2nnc(-c3cccs3)n2C2CC2)CC1. The van der Waals surface area contributed by atoms with Crippen molar-refractivity contribution in [1.29, 1.82) is 0 Å². The summed E-state index contributed by atoms with van der Waals surface area (Å²) in [5.74, 6) is 1.16. The van der Waals surface area contributed by atoms with Crippen LogP contribution in [0, 0.1) is 0 Å². The van der Waals surface area contributed by atoms with Gasteiger partial charge in [0.05, 0.1) is 10.1 Å². The van der Waals surface area contributed by atoms with E-state index < -0.39 is 0 Å². The monoisotopic (exact) mass is 391 g/mol. The lowest BCUT2D eigenvalue weighted by atomic mass is 10.3. The van der Waals surface area contributed by atoms with Crippen molar-refractivity contribution in [3.05, 3.63) is 17.5 Å². The number of aromatic nitrogens is 3. The van der Waals surface area contributed by atoms with E-state index in [-0.39, 0.29) is 11.2 Å². The molecule has 2 aromatic rings. The number of carbonyl (C=O) groups excluding carboxylic acids is 1. The molecule has 1 aliphatic heterocycles. The van der Waals surface area contributed by atoms with Gasteiger partial charge in [-0.25, -0.2) is 0 Å². The molecule has 1 atom stereocenters. The summed E-state index contributed by atoms with van der Waals surface area (Å²) < 4.78 is 2.25. The van der Waals surface area contributed by atoms with E-state index in [9.17, 15) is 4.79 Å². The van der Waals surface area contributed by atoms with E-state index in [1.165, 1.54) is 12.8 Å². The third-order valence-corrected chi connectivity index (χ3v) is 6.99. The molecular weight excluding hydrogens is 366 g/mol. The van der Waals surface area contributed by atoms with Crippen LogP contribution >= 0.6 is 23.1 Å². The number of nitrogens with zero attached hydrogens (tertiary/aromatic N) is 5. The second kappa shape index (κ2) is 7.70. The van der Waals surface area contributed by atoms with Gasteiger partial charge in [-0.2, -0.15) is 0 Å². The molecule has 0 bridgehead atoms. The number of carbonyl (C=O) groups is 1.